The molecule has 11 heteroatoms. The first-order chi connectivity index (χ1) is 12.4. The van der Waals surface area contributed by atoms with Gasteiger partial charge in [-0.3, -0.25) is 4.99 Å². The van der Waals surface area contributed by atoms with Crippen LogP contribution in [-0.4, -0.2) is 53.1 Å². The lowest BCUT2D eigenvalue weighted by Crippen LogP contribution is -2.42. The number of rotatable bonds is 7. The van der Waals surface area contributed by atoms with Gasteiger partial charge in [0, 0.05) is 30.6 Å². The Morgan fingerprint density at radius 1 is 1.37 bits per heavy atom. The van der Waals surface area contributed by atoms with Gasteiger partial charge in [0.15, 0.2) is 5.96 Å². The van der Waals surface area contributed by atoms with Crippen molar-refractivity contribution in [2.45, 2.75) is 43.7 Å². The molecule has 1 aliphatic rings. The summed E-state index contributed by atoms with van der Waals surface area (Å²) in [7, 11) is 0. The van der Waals surface area contributed by atoms with Gasteiger partial charge < -0.3 is 16.0 Å². The standard InChI is InChI=1S/C16H25F3N6S.HI/c1-3-20-14(24-11-4-5-12(10-11)26-2)22-8-9-23-15-21-7-6-13(25-15)16(17,18)19;/h6-7,11-12H,3-5,8-10H2,1-2H3,(H2,20,22,24)(H,21,23,25);1H. The molecule has 0 saturated heterocycles. The van der Waals surface area contributed by atoms with E-state index in [1.807, 2.05) is 18.7 Å². The quantitative estimate of drug-likeness (QED) is 0.223. The van der Waals surface area contributed by atoms with Crippen LogP contribution in [0.5, 0.6) is 0 Å². The van der Waals surface area contributed by atoms with Crippen LogP contribution in [0.1, 0.15) is 31.9 Å². The molecule has 0 amide bonds. The fraction of sp³-hybridized carbons (Fsp3) is 0.688. The van der Waals surface area contributed by atoms with E-state index in [2.05, 4.69) is 37.2 Å². The highest BCUT2D eigenvalue weighted by Gasteiger charge is 2.32. The molecular formula is C16H26F3IN6S. The maximum Gasteiger partial charge on any atom is 0.433 e. The van der Waals surface area contributed by atoms with Crippen molar-refractivity contribution in [3.05, 3.63) is 18.0 Å². The second-order valence-electron chi connectivity index (χ2n) is 5.96. The molecule has 2 unspecified atom stereocenters. The molecule has 2 atom stereocenters. The maximum absolute atomic E-state index is 12.6. The molecule has 0 bridgehead atoms. The van der Waals surface area contributed by atoms with Crippen LogP contribution in [0.15, 0.2) is 17.3 Å². The molecule has 1 saturated carbocycles. The molecule has 0 spiro atoms. The Hall–Kier alpha value is -0.980. The van der Waals surface area contributed by atoms with E-state index in [-0.39, 0.29) is 29.9 Å². The molecule has 1 heterocycles. The van der Waals surface area contributed by atoms with E-state index in [0.717, 1.165) is 37.6 Å². The number of aliphatic imine (C=N–C) groups is 1. The van der Waals surface area contributed by atoms with Gasteiger partial charge in [-0.1, -0.05) is 0 Å². The van der Waals surface area contributed by atoms with Crippen LogP contribution in [-0.2, 0) is 6.18 Å². The van der Waals surface area contributed by atoms with Crippen LogP contribution >= 0.6 is 35.7 Å². The lowest BCUT2D eigenvalue weighted by atomic mass is 10.2. The van der Waals surface area contributed by atoms with Gasteiger partial charge in [0.1, 0.15) is 5.69 Å². The van der Waals surface area contributed by atoms with Crippen molar-refractivity contribution in [2.75, 3.05) is 31.2 Å². The van der Waals surface area contributed by atoms with E-state index in [9.17, 15) is 13.2 Å². The first-order valence-corrected chi connectivity index (χ1v) is 9.93. The zero-order valence-corrected chi connectivity index (χ0v) is 18.5. The van der Waals surface area contributed by atoms with Gasteiger partial charge in [0.2, 0.25) is 5.95 Å². The van der Waals surface area contributed by atoms with Crippen molar-refractivity contribution >= 4 is 47.6 Å². The highest BCUT2D eigenvalue weighted by Crippen LogP contribution is 2.28. The molecule has 0 aromatic carbocycles. The normalized spacial score (nSPS) is 20.1. The number of nitrogens with zero attached hydrogens (tertiary/aromatic N) is 3. The van der Waals surface area contributed by atoms with Crippen LogP contribution in [0.25, 0.3) is 0 Å². The monoisotopic (exact) mass is 518 g/mol. The minimum atomic E-state index is -4.48. The van der Waals surface area contributed by atoms with Crippen molar-refractivity contribution < 1.29 is 13.2 Å². The van der Waals surface area contributed by atoms with Crippen LogP contribution in [0.4, 0.5) is 19.1 Å². The first-order valence-electron chi connectivity index (χ1n) is 8.64. The lowest BCUT2D eigenvalue weighted by molar-refractivity contribution is -0.141. The van der Waals surface area contributed by atoms with Crippen LogP contribution in [0.2, 0.25) is 0 Å². The van der Waals surface area contributed by atoms with Gasteiger partial charge in [0.05, 0.1) is 6.54 Å². The van der Waals surface area contributed by atoms with Crippen molar-refractivity contribution in [1.29, 1.82) is 0 Å². The highest BCUT2D eigenvalue weighted by molar-refractivity contribution is 14.0. The molecule has 1 aromatic heterocycles. The first kappa shape index (κ1) is 24.1. The third kappa shape index (κ3) is 8.28. The lowest BCUT2D eigenvalue weighted by Gasteiger charge is -2.17. The molecule has 1 aliphatic carbocycles. The minimum Gasteiger partial charge on any atom is -0.357 e. The average Bonchev–Trinajstić information content (AvgIpc) is 3.06. The summed E-state index contributed by atoms with van der Waals surface area (Å²) < 4.78 is 37.9. The number of anilines is 1. The summed E-state index contributed by atoms with van der Waals surface area (Å²) in [5.41, 5.74) is -0.960. The van der Waals surface area contributed by atoms with E-state index >= 15 is 0 Å². The summed E-state index contributed by atoms with van der Waals surface area (Å²) in [5.74, 6) is 0.678. The topological polar surface area (TPSA) is 74.2 Å². The second-order valence-corrected chi connectivity index (χ2v) is 7.10. The van der Waals surface area contributed by atoms with E-state index in [4.69, 9.17) is 0 Å². The molecule has 0 aliphatic heterocycles. The molecule has 6 nitrogen and oxygen atoms in total. The zero-order chi connectivity index (χ0) is 19.0. The Balaban J connectivity index is 0.00000364. The fourth-order valence-electron chi connectivity index (χ4n) is 2.74. The maximum atomic E-state index is 12.6. The van der Waals surface area contributed by atoms with Gasteiger partial charge in [0.25, 0.3) is 0 Å². The highest BCUT2D eigenvalue weighted by atomic mass is 127. The number of alkyl halides is 3. The Morgan fingerprint density at radius 3 is 2.78 bits per heavy atom. The number of nitrogens with one attached hydrogen (secondary N) is 3. The number of guanidine groups is 1. The third-order valence-electron chi connectivity index (χ3n) is 4.01. The van der Waals surface area contributed by atoms with Crippen LogP contribution in [0, 0.1) is 0 Å². The fourth-order valence-corrected chi connectivity index (χ4v) is 3.53. The Kier molecular flexibility index (Phi) is 10.5. The number of thioether (sulfide) groups is 1. The summed E-state index contributed by atoms with van der Waals surface area (Å²) in [6, 6.07) is 1.25. The Bertz CT molecular complexity index is 602. The van der Waals surface area contributed by atoms with E-state index in [0.29, 0.717) is 24.4 Å². The molecule has 1 fully saturated rings. The van der Waals surface area contributed by atoms with Gasteiger partial charge in [-0.25, -0.2) is 9.97 Å². The van der Waals surface area contributed by atoms with Gasteiger partial charge in [-0.05, 0) is 38.5 Å². The molecule has 3 N–H and O–H groups in total. The number of halogens is 4. The second kappa shape index (κ2) is 11.8. The Morgan fingerprint density at radius 2 is 2.15 bits per heavy atom. The van der Waals surface area contributed by atoms with Crippen LogP contribution in [0.3, 0.4) is 0 Å². The molecule has 27 heavy (non-hydrogen) atoms. The minimum absolute atomic E-state index is 0. The summed E-state index contributed by atoms with van der Waals surface area (Å²) >= 11 is 1.89. The predicted molar refractivity (Wildman–Crippen MR) is 115 cm³/mol. The van der Waals surface area contributed by atoms with Crippen LogP contribution < -0.4 is 16.0 Å². The summed E-state index contributed by atoms with van der Waals surface area (Å²) in [5, 5.41) is 10.1. The predicted octanol–water partition coefficient (Wildman–Crippen LogP) is 3.36. The summed E-state index contributed by atoms with van der Waals surface area (Å²) in [4.78, 5) is 11.7. The largest absolute Gasteiger partial charge is 0.433 e. The average molecular weight is 518 g/mol. The van der Waals surface area contributed by atoms with E-state index < -0.39 is 11.9 Å². The van der Waals surface area contributed by atoms with Crippen molar-refractivity contribution in [1.82, 2.24) is 20.6 Å². The number of aromatic nitrogens is 2. The van der Waals surface area contributed by atoms with E-state index in [1.54, 1.807) is 0 Å². The Labute approximate surface area is 179 Å². The number of hydrogen-bond acceptors (Lipinski definition) is 5. The van der Waals surface area contributed by atoms with Gasteiger partial charge in [-0.2, -0.15) is 24.9 Å². The molecule has 0 radical (unpaired) electrons. The van der Waals surface area contributed by atoms with Crippen molar-refractivity contribution in [3.8, 4) is 0 Å². The van der Waals surface area contributed by atoms with Crippen molar-refractivity contribution in [2.24, 2.45) is 4.99 Å². The molecule has 1 aromatic rings. The van der Waals surface area contributed by atoms with Crippen molar-refractivity contribution in [3.63, 3.8) is 0 Å². The summed E-state index contributed by atoms with van der Waals surface area (Å²) in [6.07, 6.45) is 2.18. The third-order valence-corrected chi connectivity index (χ3v) is 5.11. The van der Waals surface area contributed by atoms with E-state index in [1.165, 1.54) is 6.42 Å². The smallest absolute Gasteiger partial charge is 0.357 e. The van der Waals surface area contributed by atoms with Gasteiger partial charge in [-0.15, -0.1) is 24.0 Å². The molecule has 154 valence electrons. The molecular weight excluding hydrogens is 492 g/mol. The summed E-state index contributed by atoms with van der Waals surface area (Å²) in [6.45, 7) is 3.48. The SMILES string of the molecule is CCNC(=NCCNc1nccc(C(F)(F)F)n1)NC1CCC(SC)C1.I. The number of hydrogen-bond donors (Lipinski definition) is 3. The zero-order valence-electron chi connectivity index (χ0n) is 15.3. The van der Waals surface area contributed by atoms with Gasteiger partial charge >= 0.3 is 6.18 Å². The molecule has 2 rings (SSSR count).